The average Bonchev–Trinajstić information content (AvgIpc) is 2.44. The summed E-state index contributed by atoms with van der Waals surface area (Å²) in [4.78, 5) is 14.3. The first-order chi connectivity index (χ1) is 7.17. The van der Waals surface area contributed by atoms with Crippen molar-refractivity contribution in [2.75, 3.05) is 13.6 Å². The second kappa shape index (κ2) is 4.36. The maximum atomic E-state index is 12.4. The van der Waals surface area contributed by atoms with E-state index in [9.17, 15) is 4.79 Å². The molecular weight excluding hydrogens is 200 g/mol. The Morgan fingerprint density at radius 3 is 2.44 bits per heavy atom. The Hall–Kier alpha value is -0.570. The van der Waals surface area contributed by atoms with E-state index in [-0.39, 0.29) is 22.8 Å². The molecule has 1 rings (SSSR count). The van der Waals surface area contributed by atoms with Crippen molar-refractivity contribution < 1.29 is 4.79 Å². The zero-order chi connectivity index (χ0) is 12.6. The molecule has 2 N–H and O–H groups in total. The van der Waals surface area contributed by atoms with Gasteiger partial charge >= 0.3 is 0 Å². The molecule has 2 atom stereocenters. The summed E-state index contributed by atoms with van der Waals surface area (Å²) in [6.45, 7) is 9.25. The Balaban J connectivity index is 2.70. The monoisotopic (exact) mass is 226 g/mol. The minimum atomic E-state index is -0.333. The summed E-state index contributed by atoms with van der Waals surface area (Å²) in [7, 11) is 1.89. The fourth-order valence-corrected chi connectivity index (χ4v) is 2.68. The van der Waals surface area contributed by atoms with E-state index in [0.717, 1.165) is 25.8 Å². The summed E-state index contributed by atoms with van der Waals surface area (Å²) < 4.78 is 0. The second-order valence-electron chi connectivity index (χ2n) is 6.64. The Morgan fingerprint density at radius 2 is 2.06 bits per heavy atom. The fraction of sp³-hybridized carbons (Fsp3) is 0.923. The molecule has 1 fully saturated rings. The quantitative estimate of drug-likeness (QED) is 0.783. The van der Waals surface area contributed by atoms with Gasteiger partial charge in [0.2, 0.25) is 5.91 Å². The van der Waals surface area contributed by atoms with Gasteiger partial charge in [0.05, 0.1) is 5.41 Å². The van der Waals surface area contributed by atoms with Crippen LogP contribution in [0.4, 0.5) is 0 Å². The van der Waals surface area contributed by atoms with Crippen LogP contribution in [0.25, 0.3) is 0 Å². The number of rotatable bonds is 2. The largest absolute Gasteiger partial charge is 0.345 e. The smallest absolute Gasteiger partial charge is 0.229 e. The summed E-state index contributed by atoms with van der Waals surface area (Å²) in [6, 6.07) is 0.0300. The molecule has 0 radical (unpaired) electrons. The van der Waals surface area contributed by atoms with Crippen LogP contribution >= 0.6 is 0 Å². The van der Waals surface area contributed by atoms with E-state index in [1.165, 1.54) is 0 Å². The number of nitrogens with two attached hydrogens (primary N) is 1. The second-order valence-corrected chi connectivity index (χ2v) is 6.64. The van der Waals surface area contributed by atoms with E-state index in [2.05, 4.69) is 20.8 Å². The molecular formula is C13H26N2O. The van der Waals surface area contributed by atoms with Crippen LogP contribution in [0, 0.1) is 10.8 Å². The van der Waals surface area contributed by atoms with Gasteiger partial charge in [-0.2, -0.15) is 0 Å². The molecule has 0 saturated heterocycles. The van der Waals surface area contributed by atoms with E-state index in [0.29, 0.717) is 0 Å². The van der Waals surface area contributed by atoms with E-state index in [4.69, 9.17) is 5.73 Å². The van der Waals surface area contributed by atoms with Crippen molar-refractivity contribution in [2.45, 2.75) is 53.0 Å². The van der Waals surface area contributed by atoms with Crippen molar-refractivity contribution in [3.63, 3.8) is 0 Å². The van der Waals surface area contributed by atoms with E-state index >= 15 is 0 Å². The van der Waals surface area contributed by atoms with Crippen LogP contribution in [0.15, 0.2) is 0 Å². The highest BCUT2D eigenvalue weighted by molar-refractivity contribution is 5.83. The third-order valence-corrected chi connectivity index (χ3v) is 3.58. The SMILES string of the molecule is CN(CC(C)(C)C)C(=O)C1(C)CCCC1N. The van der Waals surface area contributed by atoms with Gasteiger partial charge in [0.15, 0.2) is 0 Å². The molecule has 0 aromatic rings. The van der Waals surface area contributed by atoms with Crippen molar-refractivity contribution >= 4 is 5.91 Å². The van der Waals surface area contributed by atoms with Crippen LogP contribution in [0.1, 0.15) is 47.0 Å². The van der Waals surface area contributed by atoms with Crippen LogP contribution in [0.2, 0.25) is 0 Å². The van der Waals surface area contributed by atoms with Gasteiger partial charge in [-0.3, -0.25) is 4.79 Å². The van der Waals surface area contributed by atoms with Gasteiger partial charge in [-0.25, -0.2) is 0 Å². The molecule has 0 aromatic heterocycles. The van der Waals surface area contributed by atoms with Gasteiger partial charge in [-0.1, -0.05) is 27.2 Å². The molecule has 1 aliphatic rings. The molecule has 1 amide bonds. The molecule has 0 aromatic carbocycles. The lowest BCUT2D eigenvalue weighted by Gasteiger charge is -2.35. The Labute approximate surface area is 99.4 Å². The number of amides is 1. The summed E-state index contributed by atoms with van der Waals surface area (Å²) in [6.07, 6.45) is 2.99. The fourth-order valence-electron chi connectivity index (χ4n) is 2.68. The van der Waals surface area contributed by atoms with Crippen LogP contribution in [0.5, 0.6) is 0 Å². The Morgan fingerprint density at radius 1 is 1.50 bits per heavy atom. The molecule has 2 unspecified atom stereocenters. The average molecular weight is 226 g/mol. The van der Waals surface area contributed by atoms with Crippen LogP contribution < -0.4 is 5.73 Å². The molecule has 0 heterocycles. The maximum absolute atomic E-state index is 12.4. The van der Waals surface area contributed by atoms with Crippen molar-refractivity contribution in [1.82, 2.24) is 4.90 Å². The minimum Gasteiger partial charge on any atom is -0.345 e. The molecule has 0 aliphatic heterocycles. The zero-order valence-corrected chi connectivity index (χ0v) is 11.3. The minimum absolute atomic E-state index is 0.0300. The van der Waals surface area contributed by atoms with Crippen molar-refractivity contribution in [1.29, 1.82) is 0 Å². The van der Waals surface area contributed by atoms with Gasteiger partial charge in [0, 0.05) is 19.6 Å². The lowest BCUT2D eigenvalue weighted by Crippen LogP contribution is -2.49. The summed E-state index contributed by atoms with van der Waals surface area (Å²) in [5.41, 5.74) is 5.88. The Bertz CT molecular complexity index is 270. The molecule has 0 spiro atoms. The van der Waals surface area contributed by atoms with E-state index < -0.39 is 0 Å². The summed E-state index contributed by atoms with van der Waals surface area (Å²) >= 11 is 0. The van der Waals surface area contributed by atoms with Gasteiger partial charge in [0.1, 0.15) is 0 Å². The van der Waals surface area contributed by atoms with E-state index in [1.807, 2.05) is 18.9 Å². The molecule has 0 bridgehead atoms. The highest BCUT2D eigenvalue weighted by atomic mass is 16.2. The molecule has 94 valence electrons. The molecule has 16 heavy (non-hydrogen) atoms. The molecule has 1 aliphatic carbocycles. The highest BCUT2D eigenvalue weighted by Gasteiger charge is 2.44. The Kier molecular flexibility index (Phi) is 3.68. The first kappa shape index (κ1) is 13.5. The number of carbonyl (C=O) groups is 1. The molecule has 3 nitrogen and oxygen atoms in total. The third kappa shape index (κ3) is 2.76. The van der Waals surface area contributed by atoms with Gasteiger partial charge in [0.25, 0.3) is 0 Å². The standard InChI is InChI=1S/C13H26N2O/c1-12(2,3)9-15(5)11(16)13(4)8-6-7-10(13)14/h10H,6-9,14H2,1-5H3. The van der Waals surface area contributed by atoms with E-state index in [1.54, 1.807) is 0 Å². The van der Waals surface area contributed by atoms with Gasteiger partial charge < -0.3 is 10.6 Å². The van der Waals surface area contributed by atoms with Crippen molar-refractivity contribution in [3.05, 3.63) is 0 Å². The lowest BCUT2D eigenvalue weighted by atomic mass is 9.83. The predicted molar refractivity (Wildman–Crippen MR) is 67.0 cm³/mol. The summed E-state index contributed by atoms with van der Waals surface area (Å²) in [5.74, 6) is 0.215. The highest BCUT2D eigenvalue weighted by Crippen LogP contribution is 2.38. The molecule has 1 saturated carbocycles. The van der Waals surface area contributed by atoms with Crippen LogP contribution in [-0.4, -0.2) is 30.4 Å². The number of hydrogen-bond donors (Lipinski definition) is 1. The van der Waals surface area contributed by atoms with Crippen LogP contribution in [-0.2, 0) is 4.79 Å². The number of carbonyl (C=O) groups excluding carboxylic acids is 1. The van der Waals surface area contributed by atoms with Crippen LogP contribution in [0.3, 0.4) is 0 Å². The summed E-state index contributed by atoms with van der Waals surface area (Å²) in [5, 5.41) is 0. The predicted octanol–water partition coefficient (Wildman–Crippen LogP) is 2.01. The molecule has 3 heteroatoms. The number of nitrogens with zero attached hydrogens (tertiary/aromatic N) is 1. The first-order valence-electron chi connectivity index (χ1n) is 6.18. The van der Waals surface area contributed by atoms with Crippen molar-refractivity contribution in [2.24, 2.45) is 16.6 Å². The van der Waals surface area contributed by atoms with Crippen molar-refractivity contribution in [3.8, 4) is 0 Å². The number of hydrogen-bond acceptors (Lipinski definition) is 2. The topological polar surface area (TPSA) is 46.3 Å². The van der Waals surface area contributed by atoms with Gasteiger partial charge in [-0.15, -0.1) is 0 Å². The lowest BCUT2D eigenvalue weighted by molar-refractivity contribution is -0.141. The van der Waals surface area contributed by atoms with Gasteiger partial charge in [-0.05, 0) is 25.2 Å². The zero-order valence-electron chi connectivity index (χ0n) is 11.3. The maximum Gasteiger partial charge on any atom is 0.229 e. The first-order valence-corrected chi connectivity index (χ1v) is 6.18. The third-order valence-electron chi connectivity index (χ3n) is 3.58. The normalized spacial score (nSPS) is 30.5.